The van der Waals surface area contributed by atoms with Crippen molar-refractivity contribution >= 4 is 9.84 Å². The summed E-state index contributed by atoms with van der Waals surface area (Å²) in [5.74, 6) is -1.47. The quantitative estimate of drug-likeness (QED) is 0.821. The van der Waals surface area contributed by atoms with Crippen LogP contribution in [0, 0.1) is 0 Å². The van der Waals surface area contributed by atoms with Crippen LogP contribution in [0.5, 0.6) is 0 Å². The molecule has 0 heterocycles. The third kappa shape index (κ3) is 3.44. The summed E-state index contributed by atoms with van der Waals surface area (Å²) >= 11 is 0. The van der Waals surface area contributed by atoms with E-state index in [2.05, 4.69) is 0 Å². The summed E-state index contributed by atoms with van der Waals surface area (Å²) < 4.78 is 35.8. The zero-order chi connectivity index (χ0) is 16.9. The standard InChI is InChI=1S/C17H19NO4S/c1-21-17(22-2,14-9-5-3-6-10-14)16(18)13-23(19,20)15-11-7-4-8-12-15/h3-13H,18H2,1-2H3/b16-13-. The van der Waals surface area contributed by atoms with Gasteiger partial charge in [0.2, 0.25) is 15.6 Å². The van der Waals surface area contributed by atoms with Gasteiger partial charge in [-0.2, -0.15) is 0 Å². The van der Waals surface area contributed by atoms with Gasteiger partial charge in [-0.1, -0.05) is 48.5 Å². The highest BCUT2D eigenvalue weighted by Gasteiger charge is 2.36. The van der Waals surface area contributed by atoms with Crippen LogP contribution in [0.4, 0.5) is 0 Å². The third-order valence-corrected chi connectivity index (χ3v) is 4.96. The van der Waals surface area contributed by atoms with Gasteiger partial charge in [-0.25, -0.2) is 8.42 Å². The summed E-state index contributed by atoms with van der Waals surface area (Å²) in [5, 5.41) is 0.975. The molecule has 2 rings (SSSR count). The lowest BCUT2D eigenvalue weighted by atomic mass is 10.0. The Morgan fingerprint density at radius 3 is 1.91 bits per heavy atom. The molecule has 0 aliphatic rings. The van der Waals surface area contributed by atoms with Crippen LogP contribution in [0.3, 0.4) is 0 Å². The Morgan fingerprint density at radius 2 is 1.43 bits per heavy atom. The summed E-state index contributed by atoms with van der Waals surface area (Å²) in [7, 11) is -0.900. The van der Waals surface area contributed by atoms with Gasteiger partial charge < -0.3 is 15.2 Å². The minimum atomic E-state index is -3.72. The van der Waals surface area contributed by atoms with Crippen LogP contribution >= 0.6 is 0 Å². The molecule has 0 bridgehead atoms. The van der Waals surface area contributed by atoms with E-state index < -0.39 is 15.6 Å². The van der Waals surface area contributed by atoms with Crippen molar-refractivity contribution in [3.63, 3.8) is 0 Å². The van der Waals surface area contributed by atoms with E-state index in [4.69, 9.17) is 15.2 Å². The maximum Gasteiger partial charge on any atom is 0.237 e. The second-order valence-electron chi connectivity index (χ2n) is 4.82. The average molecular weight is 333 g/mol. The Bertz CT molecular complexity index is 767. The zero-order valence-electron chi connectivity index (χ0n) is 13.0. The van der Waals surface area contributed by atoms with Crippen molar-refractivity contribution in [2.45, 2.75) is 10.7 Å². The van der Waals surface area contributed by atoms with Crippen LogP contribution in [0.15, 0.2) is 76.7 Å². The summed E-state index contributed by atoms with van der Waals surface area (Å²) in [6, 6.07) is 17.0. The first-order chi connectivity index (χ1) is 11.0. The predicted molar refractivity (Wildman–Crippen MR) is 88.0 cm³/mol. The Labute approximate surface area is 136 Å². The van der Waals surface area contributed by atoms with Gasteiger partial charge >= 0.3 is 0 Å². The fourth-order valence-corrected chi connectivity index (χ4v) is 3.46. The van der Waals surface area contributed by atoms with Gasteiger partial charge in [0.15, 0.2) is 0 Å². The van der Waals surface area contributed by atoms with Gasteiger partial charge in [0.05, 0.1) is 16.0 Å². The molecular formula is C17H19NO4S. The third-order valence-electron chi connectivity index (χ3n) is 3.46. The number of sulfone groups is 1. The van der Waals surface area contributed by atoms with E-state index in [1.807, 2.05) is 6.07 Å². The van der Waals surface area contributed by atoms with Gasteiger partial charge in [-0.05, 0) is 12.1 Å². The van der Waals surface area contributed by atoms with Crippen molar-refractivity contribution in [1.82, 2.24) is 0 Å². The molecule has 0 atom stereocenters. The van der Waals surface area contributed by atoms with Gasteiger partial charge in [0.1, 0.15) is 0 Å². The monoisotopic (exact) mass is 333 g/mol. The minimum Gasteiger partial charge on any atom is -0.397 e. The maximum absolute atomic E-state index is 12.5. The summed E-state index contributed by atoms with van der Waals surface area (Å²) in [4.78, 5) is 0.150. The van der Waals surface area contributed by atoms with Crippen LogP contribution < -0.4 is 5.73 Å². The van der Waals surface area contributed by atoms with Crippen molar-refractivity contribution in [3.8, 4) is 0 Å². The van der Waals surface area contributed by atoms with Crippen LogP contribution in [-0.2, 0) is 25.1 Å². The van der Waals surface area contributed by atoms with Crippen molar-refractivity contribution in [3.05, 3.63) is 77.3 Å². The van der Waals surface area contributed by atoms with Crippen LogP contribution in [0.1, 0.15) is 5.56 Å². The average Bonchev–Trinajstić information content (AvgIpc) is 2.58. The molecule has 122 valence electrons. The molecular weight excluding hydrogens is 314 g/mol. The molecule has 0 saturated heterocycles. The first-order valence-electron chi connectivity index (χ1n) is 6.90. The van der Waals surface area contributed by atoms with E-state index in [0.717, 1.165) is 5.41 Å². The van der Waals surface area contributed by atoms with Crippen molar-refractivity contribution in [1.29, 1.82) is 0 Å². The van der Waals surface area contributed by atoms with Gasteiger partial charge in [0, 0.05) is 19.8 Å². The van der Waals surface area contributed by atoms with Crippen molar-refractivity contribution in [2.24, 2.45) is 5.73 Å². The molecule has 5 nitrogen and oxygen atoms in total. The molecule has 0 aliphatic carbocycles. The fraction of sp³-hybridized carbons (Fsp3) is 0.176. The summed E-state index contributed by atoms with van der Waals surface area (Å²) in [5.41, 5.74) is 6.60. The molecule has 0 fully saturated rings. The topological polar surface area (TPSA) is 78.6 Å². The lowest BCUT2D eigenvalue weighted by molar-refractivity contribution is -0.187. The molecule has 6 heteroatoms. The number of ether oxygens (including phenoxy) is 2. The summed E-state index contributed by atoms with van der Waals surface area (Å²) in [6.07, 6.45) is 0. The smallest absolute Gasteiger partial charge is 0.237 e. The molecule has 0 radical (unpaired) electrons. The first-order valence-corrected chi connectivity index (χ1v) is 8.44. The van der Waals surface area contributed by atoms with E-state index in [-0.39, 0.29) is 10.6 Å². The van der Waals surface area contributed by atoms with Gasteiger partial charge in [-0.3, -0.25) is 0 Å². The number of rotatable bonds is 6. The van der Waals surface area contributed by atoms with Crippen molar-refractivity contribution < 1.29 is 17.9 Å². The molecule has 2 aromatic carbocycles. The molecule has 0 unspecified atom stereocenters. The SMILES string of the molecule is COC(OC)(/C(N)=C/S(=O)(=O)c1ccccc1)c1ccccc1. The second kappa shape index (κ2) is 6.95. The van der Waals surface area contributed by atoms with E-state index in [1.54, 1.807) is 42.5 Å². The van der Waals surface area contributed by atoms with E-state index in [0.29, 0.717) is 5.56 Å². The van der Waals surface area contributed by atoms with Gasteiger partial charge in [0.25, 0.3) is 0 Å². The lowest BCUT2D eigenvalue weighted by Gasteiger charge is -2.31. The largest absolute Gasteiger partial charge is 0.397 e. The van der Waals surface area contributed by atoms with Crippen LogP contribution in [0.2, 0.25) is 0 Å². The van der Waals surface area contributed by atoms with Crippen molar-refractivity contribution in [2.75, 3.05) is 14.2 Å². The highest BCUT2D eigenvalue weighted by atomic mass is 32.2. The highest BCUT2D eigenvalue weighted by Crippen LogP contribution is 2.32. The Kier molecular flexibility index (Phi) is 5.20. The number of hydrogen-bond donors (Lipinski definition) is 1. The fourth-order valence-electron chi connectivity index (χ4n) is 2.30. The maximum atomic E-state index is 12.5. The zero-order valence-corrected chi connectivity index (χ0v) is 13.8. The number of nitrogens with two attached hydrogens (primary N) is 1. The van der Waals surface area contributed by atoms with E-state index >= 15 is 0 Å². The Morgan fingerprint density at radius 1 is 0.957 bits per heavy atom. The number of benzene rings is 2. The predicted octanol–water partition coefficient (Wildman–Crippen LogP) is 2.41. The van der Waals surface area contributed by atoms with Gasteiger partial charge in [-0.15, -0.1) is 0 Å². The molecule has 23 heavy (non-hydrogen) atoms. The van der Waals surface area contributed by atoms with Crippen LogP contribution in [-0.4, -0.2) is 22.6 Å². The first kappa shape index (κ1) is 17.2. The van der Waals surface area contributed by atoms with E-state index in [9.17, 15) is 8.42 Å². The Hall–Kier alpha value is -2.15. The second-order valence-corrected chi connectivity index (χ2v) is 6.62. The lowest BCUT2D eigenvalue weighted by Crippen LogP contribution is -2.37. The molecule has 0 spiro atoms. The normalized spacial score (nSPS) is 13.0. The van der Waals surface area contributed by atoms with Crippen LogP contribution in [0.25, 0.3) is 0 Å². The minimum absolute atomic E-state index is 0.0578. The molecule has 0 saturated carbocycles. The number of methoxy groups -OCH3 is 2. The molecule has 2 aromatic rings. The van der Waals surface area contributed by atoms with E-state index in [1.165, 1.54) is 26.4 Å². The molecule has 2 N–H and O–H groups in total. The molecule has 0 aromatic heterocycles. The molecule has 0 amide bonds. The number of hydrogen-bond acceptors (Lipinski definition) is 5. The highest BCUT2D eigenvalue weighted by molar-refractivity contribution is 7.94. The molecule has 0 aliphatic heterocycles. The summed E-state index contributed by atoms with van der Waals surface area (Å²) in [6.45, 7) is 0. The Balaban J connectivity index is 2.53.